The van der Waals surface area contributed by atoms with E-state index < -0.39 is 11.7 Å². The van der Waals surface area contributed by atoms with Gasteiger partial charge in [-0.2, -0.15) is 13.2 Å². The van der Waals surface area contributed by atoms with Gasteiger partial charge in [0.25, 0.3) is 0 Å². The van der Waals surface area contributed by atoms with Crippen LogP contribution in [-0.2, 0) is 16.5 Å². The van der Waals surface area contributed by atoms with Crippen molar-refractivity contribution in [3.05, 3.63) is 36.0 Å². The first-order chi connectivity index (χ1) is 15.9. The number of rotatable bonds is 4. The molecule has 3 aromatic rings. The Labute approximate surface area is 189 Å². The van der Waals surface area contributed by atoms with Crippen LogP contribution in [-0.4, -0.2) is 56.8 Å². The Kier molecular flexibility index (Phi) is 4.14. The Bertz CT molecular complexity index is 1210. The van der Waals surface area contributed by atoms with E-state index in [9.17, 15) is 13.2 Å². The Hall–Kier alpha value is -2.39. The van der Waals surface area contributed by atoms with Crippen molar-refractivity contribution in [2.75, 3.05) is 26.3 Å². The van der Waals surface area contributed by atoms with E-state index in [0.717, 1.165) is 76.1 Å². The van der Waals surface area contributed by atoms with Crippen molar-refractivity contribution in [1.29, 1.82) is 0 Å². The Morgan fingerprint density at radius 3 is 2.64 bits per heavy atom. The first-order valence-electron chi connectivity index (χ1n) is 11.9. The van der Waals surface area contributed by atoms with Crippen LogP contribution in [0.4, 0.5) is 13.2 Å². The van der Waals surface area contributed by atoms with Crippen molar-refractivity contribution in [1.82, 2.24) is 24.4 Å². The van der Waals surface area contributed by atoms with Gasteiger partial charge >= 0.3 is 6.18 Å². The van der Waals surface area contributed by atoms with Gasteiger partial charge in [-0.25, -0.2) is 9.97 Å². The van der Waals surface area contributed by atoms with Crippen LogP contribution in [0.15, 0.2) is 24.7 Å². The summed E-state index contributed by atoms with van der Waals surface area (Å²) in [4.78, 5) is 14.5. The van der Waals surface area contributed by atoms with Crippen molar-refractivity contribution < 1.29 is 17.9 Å². The van der Waals surface area contributed by atoms with Gasteiger partial charge in [0.2, 0.25) is 0 Å². The van der Waals surface area contributed by atoms with E-state index in [4.69, 9.17) is 9.72 Å². The molecule has 1 saturated heterocycles. The molecule has 3 aromatic heterocycles. The smallest absolute Gasteiger partial charge is 0.379 e. The maximum atomic E-state index is 13.4. The summed E-state index contributed by atoms with van der Waals surface area (Å²) in [6.45, 7) is 3.64. The van der Waals surface area contributed by atoms with Crippen LogP contribution in [0.2, 0.25) is 0 Å². The zero-order valence-corrected chi connectivity index (χ0v) is 18.2. The first kappa shape index (κ1) is 20.0. The highest BCUT2D eigenvalue weighted by Crippen LogP contribution is 2.60. The fourth-order valence-corrected chi connectivity index (χ4v) is 6.46. The standard InChI is InChI=1S/C24H26F3N5O/c25-24(26,27)18-12-29-21-17(18)7-15(11-28-21)19-13-32(22(30-19)14-1-2-14)23-8-16(9-23)20(10-23)31-3-5-33-6-4-31/h7,11-14,16,20H,1-6,8-10H2,(H,28,29). The predicted octanol–water partition coefficient (Wildman–Crippen LogP) is 4.53. The van der Waals surface area contributed by atoms with Crippen LogP contribution in [0.5, 0.6) is 0 Å². The lowest BCUT2D eigenvalue weighted by Gasteiger charge is -2.41. The van der Waals surface area contributed by atoms with Crippen LogP contribution >= 0.6 is 0 Å². The third kappa shape index (κ3) is 3.08. The van der Waals surface area contributed by atoms with E-state index in [1.165, 1.54) is 0 Å². The van der Waals surface area contributed by atoms with E-state index in [0.29, 0.717) is 23.4 Å². The number of nitrogens with zero attached hydrogens (tertiary/aromatic N) is 4. The summed E-state index contributed by atoms with van der Waals surface area (Å²) in [7, 11) is 0. The Morgan fingerprint density at radius 1 is 1.12 bits per heavy atom. The number of imidazole rings is 1. The predicted molar refractivity (Wildman–Crippen MR) is 116 cm³/mol. The maximum absolute atomic E-state index is 13.4. The van der Waals surface area contributed by atoms with Gasteiger partial charge in [-0.05, 0) is 44.1 Å². The van der Waals surface area contributed by atoms with Gasteiger partial charge < -0.3 is 14.3 Å². The first-order valence-corrected chi connectivity index (χ1v) is 11.9. The number of pyridine rings is 1. The minimum absolute atomic E-state index is 0.0950. The van der Waals surface area contributed by atoms with Crippen LogP contribution < -0.4 is 0 Å². The molecule has 1 N–H and O–H groups in total. The molecule has 0 spiro atoms. The molecule has 8 rings (SSSR count). The topological polar surface area (TPSA) is 59.0 Å². The number of fused-ring (bicyclic) bond motifs is 2. The van der Waals surface area contributed by atoms with E-state index in [1.807, 2.05) is 0 Å². The zero-order valence-electron chi connectivity index (χ0n) is 18.2. The summed E-state index contributed by atoms with van der Waals surface area (Å²) in [5, 5.41) is 0.0950. The van der Waals surface area contributed by atoms with Crippen LogP contribution in [0.1, 0.15) is 49.4 Å². The van der Waals surface area contributed by atoms with Gasteiger partial charge in [0.1, 0.15) is 11.5 Å². The molecule has 0 radical (unpaired) electrons. The summed E-state index contributed by atoms with van der Waals surface area (Å²) in [6, 6.07) is 2.18. The fraction of sp³-hybridized carbons (Fsp3) is 0.583. The molecule has 33 heavy (non-hydrogen) atoms. The van der Waals surface area contributed by atoms with Crippen LogP contribution in [0.25, 0.3) is 22.3 Å². The van der Waals surface area contributed by atoms with Crippen LogP contribution in [0, 0.1) is 5.92 Å². The molecule has 5 fully saturated rings. The monoisotopic (exact) mass is 457 g/mol. The lowest BCUT2D eigenvalue weighted by atomic mass is 9.76. The second kappa shape index (κ2) is 6.82. The number of aromatic amines is 1. The van der Waals surface area contributed by atoms with Crippen molar-refractivity contribution in [3.63, 3.8) is 0 Å². The van der Waals surface area contributed by atoms with Crippen molar-refractivity contribution in [2.24, 2.45) is 5.92 Å². The van der Waals surface area contributed by atoms with E-state index >= 15 is 0 Å². The molecule has 4 heterocycles. The molecule has 9 heteroatoms. The number of alkyl halides is 3. The van der Waals surface area contributed by atoms with Crippen molar-refractivity contribution in [2.45, 2.75) is 55.8 Å². The van der Waals surface area contributed by atoms with Gasteiger partial charge in [-0.1, -0.05) is 0 Å². The molecular weight excluding hydrogens is 431 g/mol. The van der Waals surface area contributed by atoms with Crippen molar-refractivity contribution >= 4 is 11.0 Å². The van der Waals surface area contributed by atoms with Gasteiger partial charge in [0, 0.05) is 60.1 Å². The molecule has 174 valence electrons. The molecule has 0 aromatic carbocycles. The number of hydrogen-bond acceptors (Lipinski definition) is 4. The fourth-order valence-electron chi connectivity index (χ4n) is 6.46. The quantitative estimate of drug-likeness (QED) is 0.625. The number of aromatic nitrogens is 4. The molecular formula is C24H26F3N5O. The summed E-state index contributed by atoms with van der Waals surface area (Å²) in [5.74, 6) is 2.29. The van der Waals surface area contributed by atoms with Gasteiger partial charge in [-0.3, -0.25) is 4.90 Å². The highest BCUT2D eigenvalue weighted by molar-refractivity contribution is 5.84. The molecule has 6 nitrogen and oxygen atoms in total. The molecule has 1 atom stereocenters. The molecule has 1 aliphatic heterocycles. The summed E-state index contributed by atoms with van der Waals surface area (Å²) < 4.78 is 48.3. The number of hydrogen-bond donors (Lipinski definition) is 1. The molecule has 1 unspecified atom stereocenters. The highest BCUT2D eigenvalue weighted by Gasteiger charge is 2.59. The Morgan fingerprint density at radius 2 is 1.91 bits per heavy atom. The van der Waals surface area contributed by atoms with E-state index in [2.05, 4.69) is 25.6 Å². The average Bonchev–Trinajstić information content (AvgIpc) is 3.16. The van der Waals surface area contributed by atoms with Crippen molar-refractivity contribution in [3.8, 4) is 11.3 Å². The summed E-state index contributed by atoms with van der Waals surface area (Å²) in [5.41, 5.74) is 1.03. The molecule has 5 aliphatic rings. The normalized spacial score (nSPS) is 30.2. The average molecular weight is 458 g/mol. The minimum atomic E-state index is -4.42. The number of ether oxygens (including phenoxy) is 1. The van der Waals surface area contributed by atoms with Gasteiger partial charge in [-0.15, -0.1) is 0 Å². The van der Waals surface area contributed by atoms with E-state index in [1.54, 1.807) is 12.3 Å². The number of morpholine rings is 1. The maximum Gasteiger partial charge on any atom is 0.418 e. The lowest BCUT2D eigenvalue weighted by molar-refractivity contribution is -0.136. The highest BCUT2D eigenvalue weighted by atomic mass is 19.4. The van der Waals surface area contributed by atoms with Crippen LogP contribution in [0.3, 0.4) is 0 Å². The third-order valence-electron chi connectivity index (χ3n) is 8.25. The molecule has 0 amide bonds. The largest absolute Gasteiger partial charge is 0.418 e. The molecule has 2 bridgehead atoms. The lowest BCUT2D eigenvalue weighted by Crippen LogP contribution is -2.44. The SMILES string of the molecule is FC(F)(F)c1c[nH]c2ncc(-c3cn(C45CC(C4)C(N4CCOCC4)C5)c(C4CC4)n3)cc12. The second-order valence-corrected chi connectivity index (χ2v) is 10.3. The third-order valence-corrected chi connectivity index (χ3v) is 8.25. The number of nitrogens with one attached hydrogen (secondary N) is 1. The number of halogens is 3. The summed E-state index contributed by atoms with van der Waals surface area (Å²) in [6.07, 6.45) is 6.02. The summed E-state index contributed by atoms with van der Waals surface area (Å²) >= 11 is 0. The van der Waals surface area contributed by atoms with E-state index in [-0.39, 0.29) is 16.6 Å². The molecule has 4 saturated carbocycles. The Balaban J connectivity index is 1.25. The second-order valence-electron chi connectivity index (χ2n) is 10.3. The molecule has 4 aliphatic carbocycles. The zero-order chi connectivity index (χ0) is 22.4. The van der Waals surface area contributed by atoms with Gasteiger partial charge in [0.05, 0.1) is 24.5 Å². The van der Waals surface area contributed by atoms with Gasteiger partial charge in [0.15, 0.2) is 0 Å². The minimum Gasteiger partial charge on any atom is -0.379 e. The number of H-pyrrole nitrogens is 1.